The first kappa shape index (κ1) is 126. The van der Waals surface area contributed by atoms with E-state index >= 15 is 0 Å². The number of carbonyl (C=O) groups excluding carboxylic acids is 4. The molecule has 0 bridgehead atoms. The van der Waals surface area contributed by atoms with Crippen LogP contribution in [-0.2, 0) is 99.6 Å². The van der Waals surface area contributed by atoms with Gasteiger partial charge in [-0.05, 0) is 193 Å². The van der Waals surface area contributed by atoms with Crippen LogP contribution in [0.15, 0.2) is 187 Å². The normalized spacial score (nSPS) is 12.0. The van der Waals surface area contributed by atoms with E-state index in [0.29, 0.717) is 0 Å². The summed E-state index contributed by atoms with van der Waals surface area (Å²) in [6, 6.07) is 62.7. The molecule has 0 spiro atoms. The van der Waals surface area contributed by atoms with Crippen LogP contribution < -0.4 is 0 Å². The van der Waals surface area contributed by atoms with Crippen molar-refractivity contribution in [1.29, 1.82) is 0 Å². The number of aromatic nitrogens is 4. The molecule has 0 aliphatic carbocycles. The van der Waals surface area contributed by atoms with Gasteiger partial charge >= 0.3 is 0 Å². The van der Waals surface area contributed by atoms with E-state index < -0.39 is 21.7 Å². The number of nitrogens with zero attached hydrogens (tertiary/aromatic N) is 4. The second kappa shape index (κ2) is 51.8. The van der Waals surface area contributed by atoms with Crippen LogP contribution in [0.2, 0.25) is 0 Å². The molecule has 0 saturated heterocycles. The van der Waals surface area contributed by atoms with Gasteiger partial charge in [-0.2, -0.15) is 0 Å². The van der Waals surface area contributed by atoms with Crippen LogP contribution >= 0.6 is 0 Å². The van der Waals surface area contributed by atoms with E-state index in [1.165, 1.54) is 135 Å². The van der Waals surface area contributed by atoms with Crippen LogP contribution in [0.3, 0.4) is 0 Å². The Kier molecular flexibility index (Phi) is 47.6. The fourth-order valence-electron chi connectivity index (χ4n) is 12.3. The maximum Gasteiger partial charge on any atom is 0.164 e. The summed E-state index contributed by atoms with van der Waals surface area (Å²) in [5.41, 5.74) is 31.1. The fraction of sp³-hybridized carbons (Fsp3) is 0.405. The van der Waals surface area contributed by atoms with Crippen molar-refractivity contribution in [3.05, 3.63) is 306 Å². The number of fused-ring (bicyclic) bond motifs is 4. The molecule has 0 saturated carbocycles. The van der Waals surface area contributed by atoms with Gasteiger partial charge in [0.25, 0.3) is 0 Å². The minimum atomic E-state index is -0.417. The topological polar surface area (TPSA) is 201 Å². The van der Waals surface area contributed by atoms with Gasteiger partial charge in [0.1, 0.15) is 23.0 Å². The van der Waals surface area contributed by atoms with Crippen molar-refractivity contribution in [1.82, 2.24) is 19.9 Å². The van der Waals surface area contributed by atoms with E-state index in [2.05, 4.69) is 269 Å². The van der Waals surface area contributed by atoms with Crippen LogP contribution in [0, 0.1) is 185 Å². The molecule has 4 heterocycles. The molecular formula is C121H154Ir4N4O8-4. The average molecular weight is 2560 g/mol. The fourth-order valence-corrected chi connectivity index (χ4v) is 12.3. The van der Waals surface area contributed by atoms with Crippen LogP contribution in [0.4, 0.5) is 0 Å². The molecule has 12 rings (SSSR count). The van der Waals surface area contributed by atoms with E-state index in [0.717, 1.165) is 72.7 Å². The third-order valence-electron chi connectivity index (χ3n) is 23.2. The minimum Gasteiger partial charge on any atom is -0.512 e. The van der Waals surface area contributed by atoms with E-state index in [1.54, 1.807) is 0 Å². The summed E-state index contributed by atoms with van der Waals surface area (Å²) in [5, 5.41) is 43.0. The third kappa shape index (κ3) is 38.8. The van der Waals surface area contributed by atoms with Crippen molar-refractivity contribution in [3.63, 3.8) is 0 Å². The van der Waals surface area contributed by atoms with Crippen molar-refractivity contribution in [3.8, 4) is 45.0 Å². The number of aliphatic hydroxyl groups is 4. The molecule has 4 N–H and O–H groups in total. The van der Waals surface area contributed by atoms with E-state index in [4.69, 9.17) is 19.9 Å². The molecule has 4 aromatic heterocycles. The molecule has 746 valence electrons. The molecule has 137 heavy (non-hydrogen) atoms. The number of rotatable bonds is 8. The van der Waals surface area contributed by atoms with Crippen molar-refractivity contribution in [2.24, 2.45) is 43.3 Å². The van der Waals surface area contributed by atoms with Gasteiger partial charge in [0, 0.05) is 148 Å². The van der Waals surface area contributed by atoms with Gasteiger partial charge in [0.05, 0.1) is 22.1 Å². The second-order valence-corrected chi connectivity index (χ2v) is 44.1. The SMILES string of the molecule is CC(C)(C)C(=O)C=C(O)C(C)(C)C.CC(C)(C)C(=O)C=C(O)C(C)(C)C.CC(C)(C)C(=O)C=C(O)C(C)(C)C.CC(C)(C)C(=O)C=C(O)C(C)(C)C.Cc1[c-]c(-c2ccc3cc(C)c(C)cc3n2)c(C)cc1C.Cc1[c-]c(-c2ccc3cc(C)c(C)cc3n2)cc(C)c1.Cc1c[c-]c(-c2ccc3cc(C)c(C)cc3n2)cc1C.Cc1cc2ccc(-c3[c-]ccc(C)c3C)nc2cc1C.[Ir].[Ir].[Ir].[Ir]. The molecule has 0 amide bonds. The number of ketones is 4. The Labute approximate surface area is 877 Å². The number of hydrogen-bond donors (Lipinski definition) is 4. The summed E-state index contributed by atoms with van der Waals surface area (Å²) in [4.78, 5) is 65.2. The van der Waals surface area contributed by atoms with Gasteiger partial charge < -0.3 is 20.4 Å². The summed E-state index contributed by atoms with van der Waals surface area (Å²) >= 11 is 0. The van der Waals surface area contributed by atoms with E-state index in [9.17, 15) is 39.6 Å². The number of allylic oxidation sites excluding steroid dienone is 8. The van der Waals surface area contributed by atoms with Gasteiger partial charge in [-0.15, -0.1) is 139 Å². The van der Waals surface area contributed by atoms with Gasteiger partial charge in [-0.25, -0.2) is 0 Å². The molecule has 16 heteroatoms. The zero-order valence-electron chi connectivity index (χ0n) is 89.6. The zero-order valence-corrected chi connectivity index (χ0v) is 99.2. The monoisotopic (exact) mass is 2560 g/mol. The Morgan fingerprint density at radius 3 is 0.832 bits per heavy atom. The van der Waals surface area contributed by atoms with Crippen molar-refractivity contribution >= 4 is 66.7 Å². The summed E-state index contributed by atoms with van der Waals surface area (Å²) in [6.45, 7) is 80.6. The summed E-state index contributed by atoms with van der Waals surface area (Å²) in [6.07, 6.45) is 5.33. The smallest absolute Gasteiger partial charge is 0.164 e. The maximum atomic E-state index is 11.5. The number of hydrogen-bond acceptors (Lipinski definition) is 12. The molecule has 0 aliphatic rings. The Morgan fingerprint density at radius 2 is 0.540 bits per heavy atom. The molecule has 0 aliphatic heterocycles. The molecule has 0 unspecified atom stereocenters. The number of pyridine rings is 4. The first-order valence-electron chi connectivity index (χ1n) is 46.1. The molecular weight excluding hydrogens is 2410 g/mol. The van der Waals surface area contributed by atoms with Gasteiger partial charge in [-0.1, -0.05) is 277 Å². The van der Waals surface area contributed by atoms with Crippen molar-refractivity contribution < 1.29 is 120 Å². The van der Waals surface area contributed by atoms with Crippen molar-refractivity contribution in [2.45, 2.75) is 284 Å². The Bertz CT molecular complexity index is 6140. The molecule has 0 atom stereocenters. The first-order valence-corrected chi connectivity index (χ1v) is 46.1. The zero-order chi connectivity index (χ0) is 101. The molecule has 8 aromatic carbocycles. The van der Waals surface area contributed by atoms with Crippen LogP contribution in [0.5, 0.6) is 0 Å². The molecule has 12 nitrogen and oxygen atoms in total. The molecule has 12 aromatic rings. The number of aryl methyl sites for hydroxylation is 16. The number of carbonyl (C=O) groups is 4. The first-order chi connectivity index (χ1) is 60.8. The largest absolute Gasteiger partial charge is 0.512 e. The molecule has 4 radical (unpaired) electrons. The van der Waals surface area contributed by atoms with Gasteiger partial charge in [0.15, 0.2) is 23.1 Å². The average Bonchev–Trinajstić information content (AvgIpc) is 0.800. The Morgan fingerprint density at radius 1 is 0.263 bits per heavy atom. The van der Waals surface area contributed by atoms with E-state index in [-0.39, 0.29) is 148 Å². The molecule has 0 fully saturated rings. The summed E-state index contributed by atoms with van der Waals surface area (Å²) in [5.74, 6) is 0.416. The van der Waals surface area contributed by atoms with Crippen molar-refractivity contribution in [2.75, 3.05) is 0 Å². The summed E-state index contributed by atoms with van der Waals surface area (Å²) < 4.78 is 0. The number of benzene rings is 8. The maximum absolute atomic E-state index is 11.5. The van der Waals surface area contributed by atoms with Crippen LogP contribution in [0.25, 0.3) is 88.6 Å². The Balaban J connectivity index is 0.000000787. The van der Waals surface area contributed by atoms with Gasteiger partial charge in [-0.3, -0.25) is 39.1 Å². The third-order valence-corrected chi connectivity index (χ3v) is 23.2. The minimum absolute atomic E-state index is 0. The van der Waals surface area contributed by atoms with Crippen LogP contribution in [0.1, 0.15) is 261 Å². The van der Waals surface area contributed by atoms with Gasteiger partial charge in [0.2, 0.25) is 0 Å². The predicted octanol–water partition coefficient (Wildman–Crippen LogP) is 32.4. The number of aliphatic hydroxyl groups excluding tert-OH is 4. The van der Waals surface area contributed by atoms with Crippen LogP contribution in [-0.4, -0.2) is 63.5 Å². The Hall–Kier alpha value is -9.16. The van der Waals surface area contributed by atoms with E-state index in [1.807, 2.05) is 178 Å². The predicted molar refractivity (Wildman–Crippen MR) is 563 cm³/mol. The quantitative estimate of drug-likeness (QED) is 0.0638. The second-order valence-electron chi connectivity index (χ2n) is 44.1. The summed E-state index contributed by atoms with van der Waals surface area (Å²) in [7, 11) is 0. The standard InChI is InChI=1S/C20H20N.3C19H18N.4C11H20O2.4Ir/c1-12-8-16(5)18(10-14(12)3)19-7-6-17-9-13(2)15(4)11-20(17)21-19;1-12-7-13(2)9-17(8-12)18-6-5-16-10-14(3)15(4)11-19(16)20-18;1-12-5-6-16(9-13(12)2)18-8-7-17-10-14(3)15(4)11-19(17)20-18;1-12-6-5-7-17(15(12)4)18-9-8-16-10-13(2)14(3)11-19(16)20-18;4*1-10(2,3)8(12)7-9(13)11(4,5)6;;;;/h6-9,11H,1-5H3;5-8,10-11H,1-4H3;5,7-11H,1-4H3;5-6,8-11H,1-4H3;4*7,12H,1-6H3;;;;/q4*-1;;;;;;;;.